The molecule has 2 N–H and O–H groups in total. The van der Waals surface area contributed by atoms with Gasteiger partial charge in [0.2, 0.25) is 0 Å². The lowest BCUT2D eigenvalue weighted by atomic mass is 9.84. The van der Waals surface area contributed by atoms with Crippen molar-refractivity contribution in [1.82, 2.24) is 4.90 Å². The molecule has 9 nitrogen and oxygen atoms in total. The largest absolute Gasteiger partial charge is 0.493 e. The highest BCUT2D eigenvalue weighted by Gasteiger charge is 2.33. The van der Waals surface area contributed by atoms with Crippen LogP contribution in [0.1, 0.15) is 74.5 Å². The third-order valence-corrected chi connectivity index (χ3v) is 7.03. The minimum Gasteiger partial charge on any atom is -0.493 e. The van der Waals surface area contributed by atoms with Crippen LogP contribution in [0.3, 0.4) is 0 Å². The molecule has 0 unspecified atom stereocenters. The number of nitrogens with zero attached hydrogens (tertiary/aromatic N) is 2. The van der Waals surface area contributed by atoms with Gasteiger partial charge in [0.1, 0.15) is 11.6 Å². The van der Waals surface area contributed by atoms with Crippen molar-refractivity contribution in [2.75, 3.05) is 45.4 Å². The van der Waals surface area contributed by atoms with Crippen LogP contribution in [0.4, 0.5) is 10.1 Å². The summed E-state index contributed by atoms with van der Waals surface area (Å²) in [5.41, 5.74) is 2.33. The fraction of sp³-hybridized carbons (Fsp3) is 0.500. The van der Waals surface area contributed by atoms with Crippen LogP contribution < -0.4 is 19.1 Å². The molecule has 1 aliphatic heterocycles. The molecule has 0 aromatic heterocycles. The van der Waals surface area contributed by atoms with E-state index >= 15 is 4.39 Å². The highest BCUT2D eigenvalue weighted by molar-refractivity contribution is 6.06. The highest BCUT2D eigenvalue weighted by Crippen LogP contribution is 2.41. The van der Waals surface area contributed by atoms with Crippen molar-refractivity contribution in [3.63, 3.8) is 0 Å². The smallest absolute Gasteiger partial charge is 0.303 e. The van der Waals surface area contributed by atoms with Crippen LogP contribution in [0.15, 0.2) is 18.2 Å². The summed E-state index contributed by atoms with van der Waals surface area (Å²) in [7, 11) is 2.76. The summed E-state index contributed by atoms with van der Waals surface area (Å²) in [6.45, 7) is 11.8. The quantitative estimate of drug-likeness (QED) is 0.254. The van der Waals surface area contributed by atoms with Gasteiger partial charge in [0.15, 0.2) is 23.1 Å². The fourth-order valence-corrected chi connectivity index (χ4v) is 4.90. The zero-order valence-electron chi connectivity index (χ0n) is 24.4. The number of amidine groups is 1. The number of carbonyl (C=O) groups excluding carboxylic acids is 1. The van der Waals surface area contributed by atoms with Crippen molar-refractivity contribution in [3.8, 4) is 17.2 Å². The van der Waals surface area contributed by atoms with E-state index in [4.69, 9.17) is 24.7 Å². The van der Waals surface area contributed by atoms with Gasteiger partial charge in [0, 0.05) is 37.2 Å². The lowest BCUT2D eigenvalue weighted by molar-refractivity contribution is -0.137. The lowest BCUT2D eigenvalue weighted by Crippen LogP contribution is -2.31. The second kappa shape index (κ2) is 12.6. The van der Waals surface area contributed by atoms with Gasteiger partial charge in [-0.15, -0.1) is 0 Å². The third kappa shape index (κ3) is 6.32. The molecule has 0 bridgehead atoms. The summed E-state index contributed by atoms with van der Waals surface area (Å²) in [6, 6.07) is 5.26. The fourth-order valence-electron chi connectivity index (χ4n) is 4.90. The first-order valence-corrected chi connectivity index (χ1v) is 13.5. The van der Waals surface area contributed by atoms with Crippen LogP contribution in [0, 0.1) is 11.2 Å². The molecule has 0 saturated carbocycles. The molecule has 10 heteroatoms. The van der Waals surface area contributed by atoms with Crippen LogP contribution in [0.25, 0.3) is 0 Å². The molecule has 40 heavy (non-hydrogen) atoms. The van der Waals surface area contributed by atoms with E-state index in [0.29, 0.717) is 36.4 Å². The monoisotopic (exact) mass is 557 g/mol. The maximum Gasteiger partial charge on any atom is 0.303 e. The Morgan fingerprint density at radius 1 is 1.10 bits per heavy atom. The number of halogens is 1. The number of rotatable bonds is 13. The number of ketones is 1. The number of nitrogens with one attached hydrogen (secondary N) is 1. The Kier molecular flexibility index (Phi) is 9.65. The Balaban J connectivity index is 1.98. The molecule has 1 heterocycles. The van der Waals surface area contributed by atoms with Gasteiger partial charge in [0.25, 0.3) is 0 Å². The highest BCUT2D eigenvalue weighted by atomic mass is 19.1. The first-order chi connectivity index (χ1) is 18.9. The van der Waals surface area contributed by atoms with E-state index in [1.54, 1.807) is 17.0 Å². The first kappa shape index (κ1) is 30.7. The number of anilines is 1. The van der Waals surface area contributed by atoms with Gasteiger partial charge in [-0.05, 0) is 49.4 Å². The Labute approximate surface area is 235 Å². The summed E-state index contributed by atoms with van der Waals surface area (Å²) in [5.74, 6) is -1.06. The number of Topliss-reactive ketones (excluding diaryl/α,β-unsaturated/α-hetero) is 1. The maximum atomic E-state index is 15.2. The molecule has 0 fully saturated rings. The minimum atomic E-state index is -0.879. The number of methoxy groups -OCH3 is 2. The molecular weight excluding hydrogens is 517 g/mol. The van der Waals surface area contributed by atoms with Gasteiger partial charge in [-0.25, -0.2) is 4.39 Å². The number of carboxylic acid groups (broad SMARTS) is 1. The standard InChI is InChI=1S/C30H40FN3O6/c1-8-33(9-2)21-14-18(13-20(30(3,4)5)27(21)40-12-10-11-24(36)37)22(35)17-34-16-19-15-23(38-6)28(39-7)26(31)25(19)29(34)32/h13-15,32H,8-12,16-17H2,1-7H3,(H,36,37). The predicted octanol–water partition coefficient (Wildman–Crippen LogP) is 5.25. The van der Waals surface area contributed by atoms with Crippen molar-refractivity contribution < 1.29 is 33.3 Å². The number of benzene rings is 2. The van der Waals surface area contributed by atoms with Crippen molar-refractivity contribution in [2.24, 2.45) is 0 Å². The SMILES string of the molecule is CCN(CC)c1cc(C(=O)CN2Cc3cc(OC)c(OC)c(F)c3C2=N)cc(C(C)(C)C)c1OCCCC(=O)O. The van der Waals surface area contributed by atoms with E-state index in [9.17, 15) is 9.59 Å². The molecule has 0 radical (unpaired) electrons. The first-order valence-electron chi connectivity index (χ1n) is 13.5. The van der Waals surface area contributed by atoms with Gasteiger partial charge in [-0.1, -0.05) is 20.8 Å². The van der Waals surface area contributed by atoms with Gasteiger partial charge in [-0.3, -0.25) is 15.0 Å². The zero-order valence-corrected chi connectivity index (χ0v) is 24.4. The molecule has 0 amide bonds. The molecule has 218 valence electrons. The number of ether oxygens (including phenoxy) is 3. The van der Waals surface area contributed by atoms with E-state index in [1.807, 2.05) is 40.7 Å². The summed E-state index contributed by atoms with van der Waals surface area (Å²) in [5, 5.41) is 17.6. The van der Waals surface area contributed by atoms with E-state index in [-0.39, 0.29) is 60.2 Å². The Hall–Kier alpha value is -3.82. The Morgan fingerprint density at radius 3 is 2.33 bits per heavy atom. The van der Waals surface area contributed by atoms with E-state index in [2.05, 4.69) is 4.90 Å². The van der Waals surface area contributed by atoms with Crippen LogP contribution in [-0.4, -0.2) is 68.1 Å². The molecule has 0 saturated heterocycles. The molecular formula is C30H40FN3O6. The van der Waals surface area contributed by atoms with Crippen LogP contribution >= 0.6 is 0 Å². The normalized spacial score (nSPS) is 12.8. The van der Waals surface area contributed by atoms with Crippen molar-refractivity contribution in [3.05, 3.63) is 46.3 Å². The van der Waals surface area contributed by atoms with Gasteiger partial charge in [-0.2, -0.15) is 0 Å². The summed E-state index contributed by atoms with van der Waals surface area (Å²) >= 11 is 0. The van der Waals surface area contributed by atoms with E-state index in [0.717, 1.165) is 11.3 Å². The number of carbonyl (C=O) groups is 2. The molecule has 0 atom stereocenters. The summed E-state index contributed by atoms with van der Waals surface area (Å²) in [6.07, 6.45) is 0.367. The van der Waals surface area contributed by atoms with Gasteiger partial charge >= 0.3 is 5.97 Å². The van der Waals surface area contributed by atoms with Crippen molar-refractivity contribution >= 4 is 23.3 Å². The van der Waals surface area contributed by atoms with Gasteiger partial charge < -0.3 is 29.1 Å². The number of hydrogen-bond donors (Lipinski definition) is 2. The average molecular weight is 558 g/mol. The summed E-state index contributed by atoms with van der Waals surface area (Å²) in [4.78, 5) is 28.3. The lowest BCUT2D eigenvalue weighted by Gasteiger charge is -2.31. The molecule has 2 aromatic carbocycles. The second-order valence-electron chi connectivity index (χ2n) is 10.7. The second-order valence-corrected chi connectivity index (χ2v) is 10.7. The van der Waals surface area contributed by atoms with E-state index in [1.165, 1.54) is 14.2 Å². The number of carboxylic acids is 1. The predicted molar refractivity (Wildman–Crippen MR) is 152 cm³/mol. The third-order valence-electron chi connectivity index (χ3n) is 7.03. The topological polar surface area (TPSA) is 112 Å². The molecule has 3 rings (SSSR count). The average Bonchev–Trinajstić information content (AvgIpc) is 3.21. The van der Waals surface area contributed by atoms with Crippen LogP contribution in [0.2, 0.25) is 0 Å². The van der Waals surface area contributed by atoms with Crippen molar-refractivity contribution in [1.29, 1.82) is 5.41 Å². The van der Waals surface area contributed by atoms with Gasteiger partial charge in [0.05, 0.1) is 38.6 Å². The molecule has 0 spiro atoms. The minimum absolute atomic E-state index is 0.00451. The van der Waals surface area contributed by atoms with E-state index < -0.39 is 11.8 Å². The van der Waals surface area contributed by atoms with Crippen LogP contribution in [0.5, 0.6) is 17.2 Å². The summed E-state index contributed by atoms with van der Waals surface area (Å²) < 4.78 is 31.8. The molecule has 0 aliphatic carbocycles. The maximum absolute atomic E-state index is 15.2. The Bertz CT molecular complexity index is 1280. The number of fused-ring (bicyclic) bond motifs is 1. The van der Waals surface area contributed by atoms with Crippen LogP contribution in [-0.2, 0) is 16.8 Å². The molecule has 1 aliphatic rings. The Morgan fingerprint density at radius 2 is 1.77 bits per heavy atom. The zero-order chi connectivity index (χ0) is 29.8. The van der Waals surface area contributed by atoms with Crippen molar-refractivity contribution in [2.45, 2.75) is 59.4 Å². The number of hydrogen-bond acceptors (Lipinski definition) is 7. The molecule has 2 aromatic rings. The number of aliphatic carboxylic acids is 1.